The van der Waals surface area contributed by atoms with Gasteiger partial charge in [0.25, 0.3) is 5.69 Å². The number of piperidine rings is 1. The van der Waals surface area contributed by atoms with Gasteiger partial charge in [-0.2, -0.15) is 0 Å². The highest BCUT2D eigenvalue weighted by Crippen LogP contribution is 2.26. The van der Waals surface area contributed by atoms with Crippen LogP contribution in [0.1, 0.15) is 18.4 Å². The molecule has 19 heavy (non-hydrogen) atoms. The van der Waals surface area contributed by atoms with Crippen molar-refractivity contribution in [3.8, 4) is 0 Å². The van der Waals surface area contributed by atoms with Gasteiger partial charge in [0.05, 0.1) is 11.0 Å². The van der Waals surface area contributed by atoms with E-state index in [-0.39, 0.29) is 16.7 Å². The van der Waals surface area contributed by atoms with Gasteiger partial charge in [0.1, 0.15) is 5.69 Å². The van der Waals surface area contributed by atoms with Crippen LogP contribution in [0.2, 0.25) is 0 Å². The SMILES string of the molecule is CNc1ccc(CN2CCCC(O)C2)cc1[N+](=O)[O-]. The molecule has 1 heterocycles. The van der Waals surface area contributed by atoms with E-state index in [1.165, 1.54) is 0 Å². The van der Waals surface area contributed by atoms with Gasteiger partial charge < -0.3 is 10.4 Å². The highest BCUT2D eigenvalue weighted by Gasteiger charge is 2.19. The Balaban J connectivity index is 2.12. The minimum atomic E-state index is -0.375. The second kappa shape index (κ2) is 5.99. The maximum atomic E-state index is 11.0. The number of nitro benzene ring substituents is 1. The third kappa shape index (κ3) is 3.42. The van der Waals surface area contributed by atoms with Crippen LogP contribution in [0.3, 0.4) is 0 Å². The summed E-state index contributed by atoms with van der Waals surface area (Å²) in [6, 6.07) is 5.22. The number of nitro groups is 1. The van der Waals surface area contributed by atoms with Crippen LogP contribution in [-0.2, 0) is 6.54 Å². The first-order valence-corrected chi connectivity index (χ1v) is 6.45. The summed E-state index contributed by atoms with van der Waals surface area (Å²) in [6.45, 7) is 2.21. The molecule has 0 amide bonds. The molecule has 2 N–H and O–H groups in total. The number of likely N-dealkylation sites (tertiary alicyclic amines) is 1. The quantitative estimate of drug-likeness (QED) is 0.638. The summed E-state index contributed by atoms with van der Waals surface area (Å²) in [6.07, 6.45) is 1.54. The Morgan fingerprint density at radius 2 is 2.37 bits per heavy atom. The number of rotatable bonds is 4. The van der Waals surface area contributed by atoms with Crippen LogP contribution in [-0.4, -0.2) is 41.2 Å². The van der Waals surface area contributed by atoms with Crippen molar-refractivity contribution in [2.75, 3.05) is 25.5 Å². The molecule has 1 aromatic rings. The molecule has 1 aromatic carbocycles. The molecule has 6 nitrogen and oxygen atoms in total. The van der Waals surface area contributed by atoms with Crippen molar-refractivity contribution >= 4 is 11.4 Å². The predicted octanol–water partition coefficient (Wildman–Crippen LogP) is 1.59. The van der Waals surface area contributed by atoms with E-state index >= 15 is 0 Å². The molecule has 0 bridgehead atoms. The van der Waals surface area contributed by atoms with Gasteiger partial charge in [-0.1, -0.05) is 6.07 Å². The van der Waals surface area contributed by atoms with Gasteiger partial charge in [-0.25, -0.2) is 0 Å². The van der Waals surface area contributed by atoms with Gasteiger partial charge >= 0.3 is 0 Å². The molecule has 1 aliphatic rings. The Kier molecular flexibility index (Phi) is 4.34. The van der Waals surface area contributed by atoms with E-state index < -0.39 is 0 Å². The first kappa shape index (κ1) is 13.8. The van der Waals surface area contributed by atoms with Gasteiger partial charge in [0.2, 0.25) is 0 Å². The van der Waals surface area contributed by atoms with Crippen molar-refractivity contribution in [1.82, 2.24) is 4.90 Å². The number of nitrogens with zero attached hydrogens (tertiary/aromatic N) is 2. The first-order chi connectivity index (χ1) is 9.10. The third-order valence-electron chi connectivity index (χ3n) is 3.41. The zero-order chi connectivity index (χ0) is 13.8. The number of aliphatic hydroxyl groups excluding tert-OH is 1. The van der Waals surface area contributed by atoms with Crippen molar-refractivity contribution in [3.63, 3.8) is 0 Å². The first-order valence-electron chi connectivity index (χ1n) is 6.45. The maximum Gasteiger partial charge on any atom is 0.292 e. The van der Waals surface area contributed by atoms with E-state index in [2.05, 4.69) is 10.2 Å². The lowest BCUT2D eigenvalue weighted by molar-refractivity contribution is -0.384. The summed E-state index contributed by atoms with van der Waals surface area (Å²) < 4.78 is 0. The van der Waals surface area contributed by atoms with Crippen molar-refractivity contribution < 1.29 is 10.0 Å². The number of β-amino-alcohol motifs (C(OH)–C–C–N with tert-alkyl or cyclic N) is 1. The van der Waals surface area contributed by atoms with Crippen molar-refractivity contribution in [3.05, 3.63) is 33.9 Å². The number of hydrogen-bond donors (Lipinski definition) is 2. The van der Waals surface area contributed by atoms with Crippen molar-refractivity contribution in [1.29, 1.82) is 0 Å². The normalized spacial score (nSPS) is 20.2. The second-order valence-electron chi connectivity index (χ2n) is 4.89. The summed E-state index contributed by atoms with van der Waals surface area (Å²) in [5, 5.41) is 23.4. The fraction of sp³-hybridized carbons (Fsp3) is 0.538. The number of anilines is 1. The van der Waals surface area contributed by atoms with Gasteiger partial charge in [-0.15, -0.1) is 0 Å². The van der Waals surface area contributed by atoms with Crippen LogP contribution >= 0.6 is 0 Å². The van der Waals surface area contributed by atoms with Crippen LogP contribution in [0.25, 0.3) is 0 Å². The lowest BCUT2D eigenvalue weighted by Gasteiger charge is -2.29. The van der Waals surface area contributed by atoms with E-state index in [9.17, 15) is 15.2 Å². The zero-order valence-corrected chi connectivity index (χ0v) is 11.0. The Bertz CT molecular complexity index is 464. The van der Waals surface area contributed by atoms with E-state index in [0.717, 1.165) is 24.9 Å². The third-order valence-corrected chi connectivity index (χ3v) is 3.41. The topological polar surface area (TPSA) is 78.6 Å². The largest absolute Gasteiger partial charge is 0.392 e. The van der Waals surface area contributed by atoms with E-state index in [1.807, 2.05) is 6.07 Å². The van der Waals surface area contributed by atoms with Crippen LogP contribution in [0.4, 0.5) is 11.4 Å². The lowest BCUT2D eigenvalue weighted by atomic mass is 10.1. The molecule has 1 fully saturated rings. The van der Waals surface area contributed by atoms with E-state index in [4.69, 9.17) is 0 Å². The van der Waals surface area contributed by atoms with E-state index in [1.54, 1.807) is 19.2 Å². The summed E-state index contributed by atoms with van der Waals surface area (Å²) >= 11 is 0. The molecule has 0 radical (unpaired) electrons. The minimum Gasteiger partial charge on any atom is -0.392 e. The number of benzene rings is 1. The average Bonchev–Trinajstić information content (AvgIpc) is 2.38. The molecule has 104 valence electrons. The fourth-order valence-electron chi connectivity index (χ4n) is 2.47. The molecule has 0 spiro atoms. The summed E-state index contributed by atoms with van der Waals surface area (Å²) in [5.74, 6) is 0. The van der Waals surface area contributed by atoms with Crippen LogP contribution < -0.4 is 5.32 Å². The summed E-state index contributed by atoms with van der Waals surface area (Å²) in [7, 11) is 1.67. The lowest BCUT2D eigenvalue weighted by Crippen LogP contribution is -2.37. The van der Waals surface area contributed by atoms with Crippen LogP contribution in [0.15, 0.2) is 18.2 Å². The molecule has 0 aromatic heterocycles. The molecule has 1 aliphatic heterocycles. The molecule has 1 atom stereocenters. The Hall–Kier alpha value is -1.66. The van der Waals surface area contributed by atoms with Crippen LogP contribution in [0, 0.1) is 10.1 Å². The molecule has 1 unspecified atom stereocenters. The smallest absolute Gasteiger partial charge is 0.292 e. The Morgan fingerprint density at radius 3 is 3.00 bits per heavy atom. The molecule has 0 saturated carbocycles. The summed E-state index contributed by atoms with van der Waals surface area (Å²) in [4.78, 5) is 12.7. The highest BCUT2D eigenvalue weighted by atomic mass is 16.6. The van der Waals surface area contributed by atoms with Crippen LogP contribution in [0.5, 0.6) is 0 Å². The zero-order valence-electron chi connectivity index (χ0n) is 11.0. The monoisotopic (exact) mass is 265 g/mol. The number of nitrogens with one attached hydrogen (secondary N) is 1. The minimum absolute atomic E-state index is 0.0950. The van der Waals surface area contributed by atoms with Crippen molar-refractivity contribution in [2.45, 2.75) is 25.5 Å². The Morgan fingerprint density at radius 1 is 1.58 bits per heavy atom. The fourth-order valence-corrected chi connectivity index (χ4v) is 2.47. The molecule has 2 rings (SSSR count). The van der Waals surface area contributed by atoms with Gasteiger partial charge in [-0.05, 0) is 31.0 Å². The van der Waals surface area contributed by atoms with Gasteiger partial charge in [0, 0.05) is 26.2 Å². The van der Waals surface area contributed by atoms with Gasteiger partial charge in [-0.3, -0.25) is 15.0 Å². The predicted molar refractivity (Wildman–Crippen MR) is 73.2 cm³/mol. The second-order valence-corrected chi connectivity index (χ2v) is 4.89. The summed E-state index contributed by atoms with van der Waals surface area (Å²) in [5.41, 5.74) is 1.52. The standard InChI is InChI=1S/C13H19N3O3/c1-14-12-5-4-10(7-13(12)16(18)19)8-15-6-2-3-11(17)9-15/h4-5,7,11,14,17H,2-3,6,8-9H2,1H3. The number of hydrogen-bond acceptors (Lipinski definition) is 5. The maximum absolute atomic E-state index is 11.0. The molecular weight excluding hydrogens is 246 g/mol. The molecular formula is C13H19N3O3. The van der Waals surface area contributed by atoms with Crippen molar-refractivity contribution in [2.24, 2.45) is 0 Å². The molecule has 0 aliphatic carbocycles. The molecule has 1 saturated heterocycles. The average molecular weight is 265 g/mol. The molecule has 6 heteroatoms. The Labute approximate surface area is 112 Å². The number of aliphatic hydroxyl groups is 1. The van der Waals surface area contributed by atoms with E-state index in [0.29, 0.717) is 18.8 Å². The van der Waals surface area contributed by atoms with Gasteiger partial charge in [0.15, 0.2) is 0 Å². The highest BCUT2D eigenvalue weighted by molar-refractivity contribution is 5.62.